The van der Waals surface area contributed by atoms with Crippen LogP contribution in [-0.4, -0.2) is 37.7 Å². The molecule has 1 aromatic rings. The fraction of sp³-hybridized carbons (Fsp3) is 0.667. The zero-order chi connectivity index (χ0) is 15.7. The molecular weight excluding hydrogens is 260 g/mol. The molecule has 0 fully saturated rings. The molecule has 0 radical (unpaired) electrons. The summed E-state index contributed by atoms with van der Waals surface area (Å²) >= 11 is 0. The molecule has 1 atom stereocenters. The smallest absolute Gasteiger partial charge is 0.124 e. The first-order valence-electron chi connectivity index (χ1n) is 8.31. The van der Waals surface area contributed by atoms with Gasteiger partial charge in [-0.2, -0.15) is 0 Å². The summed E-state index contributed by atoms with van der Waals surface area (Å²) in [7, 11) is 0. The van der Waals surface area contributed by atoms with Gasteiger partial charge in [0.15, 0.2) is 0 Å². The Morgan fingerprint density at radius 2 is 1.90 bits per heavy atom. The average molecular weight is 292 g/mol. The molecule has 0 saturated carbocycles. The lowest BCUT2D eigenvalue weighted by Crippen LogP contribution is -2.28. The van der Waals surface area contributed by atoms with E-state index in [0.29, 0.717) is 6.04 Å². The molecule has 0 amide bonds. The SMILES string of the molecule is CCCNC(C)c1ccc(C)cc1OCCN(CC)CC. The van der Waals surface area contributed by atoms with Crippen LogP contribution in [0.3, 0.4) is 0 Å². The van der Waals surface area contributed by atoms with Crippen LogP contribution in [0.15, 0.2) is 18.2 Å². The highest BCUT2D eigenvalue weighted by atomic mass is 16.5. The molecule has 1 N–H and O–H groups in total. The van der Waals surface area contributed by atoms with Crippen LogP contribution in [0.4, 0.5) is 0 Å². The van der Waals surface area contributed by atoms with E-state index in [1.807, 2.05) is 0 Å². The van der Waals surface area contributed by atoms with Crippen molar-refractivity contribution in [1.29, 1.82) is 0 Å². The van der Waals surface area contributed by atoms with Gasteiger partial charge in [-0.1, -0.05) is 32.9 Å². The van der Waals surface area contributed by atoms with E-state index in [1.165, 1.54) is 11.1 Å². The van der Waals surface area contributed by atoms with E-state index < -0.39 is 0 Å². The molecule has 0 aromatic heterocycles. The van der Waals surface area contributed by atoms with Crippen LogP contribution in [0.25, 0.3) is 0 Å². The number of ether oxygens (including phenoxy) is 1. The standard InChI is InChI=1S/C18H32N2O/c1-6-11-19-16(5)17-10-9-15(4)14-18(17)21-13-12-20(7-2)8-3/h9-10,14,16,19H,6-8,11-13H2,1-5H3. The van der Waals surface area contributed by atoms with E-state index in [-0.39, 0.29) is 0 Å². The Labute approximate surface area is 130 Å². The van der Waals surface area contributed by atoms with Crippen molar-refractivity contribution in [3.63, 3.8) is 0 Å². The molecular formula is C18H32N2O. The molecule has 0 aliphatic rings. The summed E-state index contributed by atoms with van der Waals surface area (Å²) in [4.78, 5) is 2.38. The molecule has 0 bridgehead atoms. The molecule has 3 nitrogen and oxygen atoms in total. The number of likely N-dealkylation sites (N-methyl/N-ethyl adjacent to an activating group) is 1. The van der Waals surface area contributed by atoms with Crippen molar-refractivity contribution in [2.45, 2.75) is 47.1 Å². The first-order valence-corrected chi connectivity index (χ1v) is 8.31. The number of benzene rings is 1. The summed E-state index contributed by atoms with van der Waals surface area (Å²) in [6, 6.07) is 6.84. The molecule has 1 unspecified atom stereocenters. The van der Waals surface area contributed by atoms with Gasteiger partial charge in [0.2, 0.25) is 0 Å². The summed E-state index contributed by atoms with van der Waals surface area (Å²) in [5.74, 6) is 1.03. The predicted molar refractivity (Wildman–Crippen MR) is 91.2 cm³/mol. The highest BCUT2D eigenvalue weighted by Gasteiger charge is 2.11. The van der Waals surface area contributed by atoms with Gasteiger partial charge in [0.05, 0.1) is 0 Å². The van der Waals surface area contributed by atoms with E-state index in [4.69, 9.17) is 4.74 Å². The Bertz CT molecular complexity index is 402. The first kappa shape index (κ1) is 18.0. The maximum absolute atomic E-state index is 6.07. The topological polar surface area (TPSA) is 24.5 Å². The molecule has 3 heteroatoms. The minimum atomic E-state index is 0.328. The number of hydrogen-bond acceptors (Lipinski definition) is 3. The van der Waals surface area contributed by atoms with Gasteiger partial charge < -0.3 is 15.0 Å². The lowest BCUT2D eigenvalue weighted by Gasteiger charge is -2.21. The Morgan fingerprint density at radius 3 is 2.52 bits per heavy atom. The van der Waals surface area contributed by atoms with Gasteiger partial charge in [0.1, 0.15) is 12.4 Å². The fourth-order valence-electron chi connectivity index (χ4n) is 2.42. The van der Waals surface area contributed by atoms with Crippen molar-refractivity contribution in [1.82, 2.24) is 10.2 Å². The van der Waals surface area contributed by atoms with Gasteiger partial charge in [-0.05, 0) is 51.5 Å². The van der Waals surface area contributed by atoms with Crippen molar-refractivity contribution in [2.75, 3.05) is 32.8 Å². The summed E-state index contributed by atoms with van der Waals surface area (Å²) < 4.78 is 6.07. The van der Waals surface area contributed by atoms with Gasteiger partial charge in [0.25, 0.3) is 0 Å². The van der Waals surface area contributed by atoms with Crippen molar-refractivity contribution in [2.24, 2.45) is 0 Å². The molecule has 0 spiro atoms. The van der Waals surface area contributed by atoms with E-state index in [0.717, 1.165) is 45.0 Å². The monoisotopic (exact) mass is 292 g/mol. The maximum Gasteiger partial charge on any atom is 0.124 e. The Morgan fingerprint density at radius 1 is 1.19 bits per heavy atom. The average Bonchev–Trinajstić information content (AvgIpc) is 2.49. The fourth-order valence-corrected chi connectivity index (χ4v) is 2.42. The van der Waals surface area contributed by atoms with Gasteiger partial charge in [-0.3, -0.25) is 0 Å². The molecule has 0 aliphatic carbocycles. The van der Waals surface area contributed by atoms with Crippen molar-refractivity contribution in [3.8, 4) is 5.75 Å². The van der Waals surface area contributed by atoms with Crippen molar-refractivity contribution >= 4 is 0 Å². The number of aryl methyl sites for hydroxylation is 1. The third-order valence-electron chi connectivity index (χ3n) is 3.90. The number of hydrogen-bond donors (Lipinski definition) is 1. The number of nitrogens with one attached hydrogen (secondary N) is 1. The molecule has 0 saturated heterocycles. The normalized spacial score (nSPS) is 12.7. The van der Waals surface area contributed by atoms with Crippen molar-refractivity contribution in [3.05, 3.63) is 29.3 Å². The van der Waals surface area contributed by atoms with Crippen molar-refractivity contribution < 1.29 is 4.74 Å². The zero-order valence-corrected chi connectivity index (χ0v) is 14.4. The lowest BCUT2D eigenvalue weighted by molar-refractivity contribution is 0.220. The van der Waals surface area contributed by atoms with Gasteiger partial charge >= 0.3 is 0 Å². The molecule has 0 aliphatic heterocycles. The quantitative estimate of drug-likeness (QED) is 0.710. The molecule has 120 valence electrons. The van der Waals surface area contributed by atoms with Crippen LogP contribution in [0.1, 0.15) is 51.3 Å². The minimum absolute atomic E-state index is 0.328. The summed E-state index contributed by atoms with van der Waals surface area (Å²) in [6.45, 7) is 15.8. The largest absolute Gasteiger partial charge is 0.492 e. The maximum atomic E-state index is 6.07. The first-order chi connectivity index (χ1) is 10.1. The van der Waals surface area contributed by atoms with E-state index in [9.17, 15) is 0 Å². The molecule has 1 rings (SSSR count). The Kier molecular flexibility index (Phi) is 8.40. The Hall–Kier alpha value is -1.06. The van der Waals surface area contributed by atoms with Gasteiger partial charge in [-0.25, -0.2) is 0 Å². The van der Waals surface area contributed by atoms with E-state index >= 15 is 0 Å². The van der Waals surface area contributed by atoms with Crippen LogP contribution < -0.4 is 10.1 Å². The zero-order valence-electron chi connectivity index (χ0n) is 14.4. The van der Waals surface area contributed by atoms with Crippen LogP contribution in [0.5, 0.6) is 5.75 Å². The predicted octanol–water partition coefficient (Wildman–Crippen LogP) is 3.78. The lowest BCUT2D eigenvalue weighted by atomic mass is 10.0. The third-order valence-corrected chi connectivity index (χ3v) is 3.90. The summed E-state index contributed by atoms with van der Waals surface area (Å²) in [5, 5.41) is 3.54. The molecule has 0 heterocycles. The van der Waals surface area contributed by atoms with Crippen LogP contribution in [0, 0.1) is 6.92 Å². The second kappa shape index (κ2) is 9.80. The van der Waals surface area contributed by atoms with Crippen LogP contribution in [0.2, 0.25) is 0 Å². The third kappa shape index (κ3) is 6.06. The highest BCUT2D eigenvalue weighted by molar-refractivity contribution is 5.39. The summed E-state index contributed by atoms with van der Waals surface area (Å²) in [6.07, 6.45) is 1.15. The van der Waals surface area contributed by atoms with Crippen LogP contribution in [-0.2, 0) is 0 Å². The minimum Gasteiger partial charge on any atom is -0.492 e. The van der Waals surface area contributed by atoms with Crippen LogP contribution >= 0.6 is 0 Å². The number of nitrogens with zero attached hydrogens (tertiary/aromatic N) is 1. The van der Waals surface area contributed by atoms with Gasteiger partial charge in [-0.15, -0.1) is 0 Å². The van der Waals surface area contributed by atoms with E-state index in [1.54, 1.807) is 0 Å². The molecule has 21 heavy (non-hydrogen) atoms. The second-order valence-corrected chi connectivity index (χ2v) is 5.59. The second-order valence-electron chi connectivity index (χ2n) is 5.59. The Balaban J connectivity index is 2.68. The van der Waals surface area contributed by atoms with Gasteiger partial charge in [0, 0.05) is 18.2 Å². The summed E-state index contributed by atoms with van der Waals surface area (Å²) in [5.41, 5.74) is 2.51. The van der Waals surface area contributed by atoms with E-state index in [2.05, 4.69) is 63.0 Å². The highest BCUT2D eigenvalue weighted by Crippen LogP contribution is 2.26. The number of rotatable bonds is 10. The molecule has 1 aromatic carbocycles.